The summed E-state index contributed by atoms with van der Waals surface area (Å²) in [4.78, 5) is 5.57. The minimum Gasteiger partial charge on any atom is -0.395 e. The number of fused-ring (bicyclic) bond motifs is 1. The Balaban J connectivity index is 1.60. The molecule has 2 aromatic carbocycles. The Kier molecular flexibility index (Phi) is 5.47. The second kappa shape index (κ2) is 7.90. The van der Waals surface area contributed by atoms with Gasteiger partial charge in [-0.05, 0) is 41.3 Å². The zero-order valence-electron chi connectivity index (χ0n) is 17.0. The van der Waals surface area contributed by atoms with E-state index in [4.69, 9.17) is 0 Å². The van der Waals surface area contributed by atoms with Crippen LogP contribution in [-0.4, -0.2) is 52.1 Å². The predicted molar refractivity (Wildman–Crippen MR) is 115 cm³/mol. The number of hydrogen-bond acceptors (Lipinski definition) is 3. The van der Waals surface area contributed by atoms with Crippen molar-refractivity contribution >= 4 is 10.9 Å². The largest absolute Gasteiger partial charge is 0.395 e. The van der Waals surface area contributed by atoms with Gasteiger partial charge in [-0.15, -0.1) is 0 Å². The van der Waals surface area contributed by atoms with Crippen LogP contribution in [0.4, 0.5) is 4.39 Å². The van der Waals surface area contributed by atoms with Crippen molar-refractivity contribution < 1.29 is 14.6 Å². The van der Waals surface area contributed by atoms with Crippen LogP contribution in [0.5, 0.6) is 0 Å². The van der Waals surface area contributed by atoms with Gasteiger partial charge in [0, 0.05) is 41.1 Å². The van der Waals surface area contributed by atoms with Crippen LogP contribution >= 0.6 is 0 Å². The van der Waals surface area contributed by atoms with Crippen molar-refractivity contribution in [3.63, 3.8) is 0 Å². The number of H-pyrrole nitrogens is 1. The van der Waals surface area contributed by atoms with Crippen LogP contribution < -0.4 is 0 Å². The number of aliphatic hydroxyl groups excluding tert-OH is 2. The SMILES string of the molecule is CC(C)(CF)c1cccc(-c2ccc3[nH]c(CN4C[C@H](O)C[C@@H]4CO)cc3c2)c1. The number of hydrogen-bond donors (Lipinski definition) is 3. The summed E-state index contributed by atoms with van der Waals surface area (Å²) >= 11 is 0. The number of aromatic nitrogens is 1. The minimum absolute atomic E-state index is 0.00794. The van der Waals surface area contributed by atoms with E-state index in [0.717, 1.165) is 33.3 Å². The van der Waals surface area contributed by atoms with Crippen LogP contribution in [0.3, 0.4) is 0 Å². The first-order valence-corrected chi connectivity index (χ1v) is 10.2. The molecule has 2 atom stereocenters. The van der Waals surface area contributed by atoms with Crippen LogP contribution in [0.1, 0.15) is 31.5 Å². The van der Waals surface area contributed by atoms with Gasteiger partial charge in [-0.3, -0.25) is 9.29 Å². The second-order valence-electron chi connectivity index (χ2n) is 8.85. The highest BCUT2D eigenvalue weighted by Crippen LogP contribution is 2.30. The third kappa shape index (κ3) is 4.08. The van der Waals surface area contributed by atoms with Gasteiger partial charge in [-0.2, -0.15) is 0 Å². The van der Waals surface area contributed by atoms with Gasteiger partial charge in [0.05, 0.1) is 19.4 Å². The van der Waals surface area contributed by atoms with Crippen molar-refractivity contribution in [1.29, 1.82) is 0 Å². The normalized spacial score (nSPS) is 20.6. The van der Waals surface area contributed by atoms with Gasteiger partial charge in [0.25, 0.3) is 0 Å². The van der Waals surface area contributed by atoms with Crippen molar-refractivity contribution in [1.82, 2.24) is 9.88 Å². The molecule has 1 fully saturated rings. The maximum Gasteiger partial charge on any atom is 0.0985 e. The third-order valence-electron chi connectivity index (χ3n) is 6.08. The van der Waals surface area contributed by atoms with E-state index >= 15 is 0 Å². The number of alkyl halides is 1. The maximum atomic E-state index is 13.4. The van der Waals surface area contributed by atoms with Crippen molar-refractivity contribution in [2.75, 3.05) is 19.8 Å². The topological polar surface area (TPSA) is 59.5 Å². The molecule has 0 radical (unpaired) electrons. The summed E-state index contributed by atoms with van der Waals surface area (Å²) < 4.78 is 13.4. The Bertz CT molecular complexity index is 997. The summed E-state index contributed by atoms with van der Waals surface area (Å²) in [7, 11) is 0. The molecule has 1 aliphatic heterocycles. The molecule has 0 saturated carbocycles. The van der Waals surface area contributed by atoms with Crippen LogP contribution in [0.25, 0.3) is 22.0 Å². The number of halogens is 1. The molecule has 0 aliphatic carbocycles. The fourth-order valence-electron chi connectivity index (χ4n) is 4.21. The molecule has 0 unspecified atom stereocenters. The Morgan fingerprint density at radius 2 is 1.93 bits per heavy atom. The fourth-order valence-corrected chi connectivity index (χ4v) is 4.21. The maximum absolute atomic E-state index is 13.4. The fraction of sp³-hybridized carbons (Fsp3) is 0.417. The lowest BCUT2D eigenvalue weighted by molar-refractivity contribution is 0.149. The van der Waals surface area contributed by atoms with E-state index in [2.05, 4.69) is 46.3 Å². The first-order valence-electron chi connectivity index (χ1n) is 10.2. The summed E-state index contributed by atoms with van der Waals surface area (Å²) in [6.07, 6.45) is 0.246. The molecule has 0 bridgehead atoms. The molecule has 1 saturated heterocycles. The molecular weight excluding hydrogens is 367 g/mol. The standard InChI is InChI=1S/C24H29FN2O2/c1-24(2,15-25)19-5-3-4-16(9-19)17-6-7-23-18(8-17)10-20(26-23)12-27-13-22(29)11-21(27)14-28/h3-10,21-22,26,28-29H,11-15H2,1-2H3/t21-,22-/m1/s1. The number of nitrogens with zero attached hydrogens (tertiary/aromatic N) is 1. The molecule has 5 heteroatoms. The lowest BCUT2D eigenvalue weighted by Crippen LogP contribution is -2.31. The van der Waals surface area contributed by atoms with Crippen LogP contribution in [-0.2, 0) is 12.0 Å². The van der Waals surface area contributed by atoms with Crippen LogP contribution in [0, 0.1) is 0 Å². The van der Waals surface area contributed by atoms with Crippen molar-refractivity contribution in [2.45, 2.75) is 44.4 Å². The second-order valence-corrected chi connectivity index (χ2v) is 8.85. The minimum atomic E-state index is -0.495. The molecule has 154 valence electrons. The van der Waals surface area contributed by atoms with Crippen molar-refractivity contribution in [3.05, 3.63) is 59.8 Å². The predicted octanol–water partition coefficient (Wildman–Crippen LogP) is 4.01. The lowest BCUT2D eigenvalue weighted by Gasteiger charge is -2.21. The van der Waals surface area contributed by atoms with Gasteiger partial charge in [-0.25, -0.2) is 0 Å². The molecule has 1 aromatic heterocycles. The van der Waals surface area contributed by atoms with Gasteiger partial charge in [0.1, 0.15) is 0 Å². The van der Waals surface area contributed by atoms with Gasteiger partial charge < -0.3 is 15.2 Å². The highest BCUT2D eigenvalue weighted by molar-refractivity contribution is 5.86. The van der Waals surface area contributed by atoms with E-state index in [0.29, 0.717) is 19.5 Å². The number of β-amino-alcohol motifs (C(OH)–C–C–N with tert-alkyl or cyclic N) is 1. The third-order valence-corrected chi connectivity index (χ3v) is 6.08. The quantitative estimate of drug-likeness (QED) is 0.590. The Hall–Kier alpha value is -2.21. The summed E-state index contributed by atoms with van der Waals surface area (Å²) in [5.41, 5.74) is 4.81. The smallest absolute Gasteiger partial charge is 0.0985 e. The molecule has 0 amide bonds. The van der Waals surface area contributed by atoms with Gasteiger partial charge in [0.15, 0.2) is 0 Å². The summed E-state index contributed by atoms with van der Waals surface area (Å²) in [6, 6.07) is 16.6. The molecule has 4 nitrogen and oxygen atoms in total. The number of rotatable bonds is 6. The molecular formula is C24H29FN2O2. The van der Waals surface area contributed by atoms with Gasteiger partial charge in [0.2, 0.25) is 0 Å². The monoisotopic (exact) mass is 396 g/mol. The number of nitrogens with one attached hydrogen (secondary N) is 1. The molecule has 4 rings (SSSR count). The number of aliphatic hydroxyl groups is 2. The average Bonchev–Trinajstić information content (AvgIpc) is 3.29. The summed E-state index contributed by atoms with van der Waals surface area (Å²) in [6.45, 7) is 4.77. The van der Waals surface area contributed by atoms with Crippen molar-refractivity contribution in [3.8, 4) is 11.1 Å². The molecule has 3 aromatic rings. The lowest BCUT2D eigenvalue weighted by atomic mass is 9.84. The zero-order valence-corrected chi connectivity index (χ0v) is 17.0. The van der Waals surface area contributed by atoms with Crippen LogP contribution in [0.2, 0.25) is 0 Å². The van der Waals surface area contributed by atoms with E-state index in [9.17, 15) is 14.6 Å². The summed E-state index contributed by atoms with van der Waals surface area (Å²) in [5.74, 6) is 0. The zero-order chi connectivity index (χ0) is 20.6. The Morgan fingerprint density at radius 1 is 1.14 bits per heavy atom. The van der Waals surface area contributed by atoms with Crippen LogP contribution in [0.15, 0.2) is 48.5 Å². The molecule has 2 heterocycles. The molecule has 1 aliphatic rings. The number of benzene rings is 2. The van der Waals surface area contributed by atoms with E-state index in [-0.39, 0.29) is 18.8 Å². The van der Waals surface area contributed by atoms with Gasteiger partial charge >= 0.3 is 0 Å². The number of likely N-dealkylation sites (tertiary alicyclic amines) is 1. The first kappa shape index (κ1) is 20.1. The van der Waals surface area contributed by atoms with Gasteiger partial charge in [-0.1, -0.05) is 44.2 Å². The number of aromatic amines is 1. The van der Waals surface area contributed by atoms with E-state index < -0.39 is 12.1 Å². The highest BCUT2D eigenvalue weighted by Gasteiger charge is 2.30. The molecule has 3 N–H and O–H groups in total. The van der Waals surface area contributed by atoms with E-state index in [1.165, 1.54) is 0 Å². The van der Waals surface area contributed by atoms with E-state index in [1.54, 1.807) is 0 Å². The first-order chi connectivity index (χ1) is 13.9. The highest BCUT2D eigenvalue weighted by atomic mass is 19.1. The van der Waals surface area contributed by atoms with Crippen molar-refractivity contribution in [2.24, 2.45) is 0 Å². The average molecular weight is 397 g/mol. The molecule has 0 spiro atoms. The Labute approximate surface area is 171 Å². The summed E-state index contributed by atoms with van der Waals surface area (Å²) in [5, 5.41) is 20.6. The molecule has 29 heavy (non-hydrogen) atoms. The Morgan fingerprint density at radius 3 is 2.69 bits per heavy atom. The van der Waals surface area contributed by atoms with E-state index in [1.807, 2.05) is 26.0 Å².